The van der Waals surface area contributed by atoms with Gasteiger partial charge in [-0.05, 0) is 12.8 Å². The minimum Gasteiger partial charge on any atom is -0.480 e. The summed E-state index contributed by atoms with van der Waals surface area (Å²) < 4.78 is 4.86. The summed E-state index contributed by atoms with van der Waals surface area (Å²) in [6.07, 6.45) is 5.75. The van der Waals surface area contributed by atoms with Crippen molar-refractivity contribution in [3.63, 3.8) is 0 Å². The van der Waals surface area contributed by atoms with Crippen molar-refractivity contribution in [2.24, 2.45) is 0 Å². The van der Waals surface area contributed by atoms with Gasteiger partial charge in [0.25, 0.3) is 0 Å². The number of carbonyl (C=O) groups is 2. The quantitative estimate of drug-likeness (QED) is 0.794. The third kappa shape index (κ3) is 5.92. The predicted octanol–water partition coefficient (Wildman–Crippen LogP) is 1.45. The molecule has 1 atom stereocenters. The number of nitrogens with zero attached hydrogens (tertiary/aromatic N) is 1. The molecule has 0 aromatic carbocycles. The van der Waals surface area contributed by atoms with Crippen molar-refractivity contribution in [3.05, 3.63) is 0 Å². The number of rotatable bonds is 5. The maximum atomic E-state index is 12.1. The van der Waals surface area contributed by atoms with Crippen molar-refractivity contribution >= 4 is 12.0 Å². The molecule has 0 bridgehead atoms. The number of nitrogens with one attached hydrogen (secondary N) is 1. The molecule has 0 aromatic rings. The monoisotopic (exact) mass is 272 g/mol. The summed E-state index contributed by atoms with van der Waals surface area (Å²) in [4.78, 5) is 24.8. The van der Waals surface area contributed by atoms with Gasteiger partial charge >= 0.3 is 12.0 Å². The predicted molar refractivity (Wildman–Crippen MR) is 71.1 cm³/mol. The Labute approximate surface area is 114 Å². The van der Waals surface area contributed by atoms with Crippen LogP contribution < -0.4 is 5.32 Å². The minimum absolute atomic E-state index is 0.273. The van der Waals surface area contributed by atoms with E-state index in [0.717, 1.165) is 25.7 Å². The highest BCUT2D eigenvalue weighted by atomic mass is 16.5. The molecule has 6 nitrogen and oxygen atoms in total. The van der Waals surface area contributed by atoms with E-state index in [0.29, 0.717) is 19.7 Å². The van der Waals surface area contributed by atoms with Crippen molar-refractivity contribution in [2.75, 3.05) is 26.8 Å². The number of carboxylic acid groups (broad SMARTS) is 1. The Morgan fingerprint density at radius 3 is 2.32 bits per heavy atom. The van der Waals surface area contributed by atoms with Gasteiger partial charge in [0.05, 0.1) is 0 Å². The lowest BCUT2D eigenvalue weighted by Gasteiger charge is -2.26. The van der Waals surface area contributed by atoms with E-state index in [1.807, 2.05) is 0 Å². The molecule has 2 N–H and O–H groups in total. The number of likely N-dealkylation sites (tertiary alicyclic amines) is 1. The number of ether oxygens (including phenoxy) is 1. The van der Waals surface area contributed by atoms with E-state index in [1.54, 1.807) is 4.90 Å². The van der Waals surface area contributed by atoms with Gasteiger partial charge in [-0.1, -0.05) is 19.3 Å². The van der Waals surface area contributed by atoms with Gasteiger partial charge in [0.2, 0.25) is 0 Å². The molecule has 19 heavy (non-hydrogen) atoms. The molecule has 2 amide bonds. The van der Waals surface area contributed by atoms with Crippen LogP contribution in [0.1, 0.15) is 38.5 Å². The number of amides is 2. The molecular weight excluding hydrogens is 248 g/mol. The zero-order valence-electron chi connectivity index (χ0n) is 11.6. The summed E-state index contributed by atoms with van der Waals surface area (Å²) in [6.45, 7) is 1.74. The Kier molecular flexibility index (Phi) is 7.25. The Hall–Kier alpha value is -1.30. The van der Waals surface area contributed by atoms with Crippen LogP contribution in [0.15, 0.2) is 0 Å². The van der Waals surface area contributed by atoms with E-state index in [-0.39, 0.29) is 12.5 Å². The summed E-state index contributed by atoms with van der Waals surface area (Å²) >= 11 is 0. The number of methoxy groups -OCH3 is 1. The zero-order chi connectivity index (χ0) is 14.1. The summed E-state index contributed by atoms with van der Waals surface area (Å²) in [5.74, 6) is -1.02. The Morgan fingerprint density at radius 2 is 1.79 bits per heavy atom. The van der Waals surface area contributed by atoms with Crippen LogP contribution in [0.25, 0.3) is 0 Å². The summed E-state index contributed by atoms with van der Waals surface area (Å²) in [7, 11) is 1.51. The molecule has 1 saturated heterocycles. The fourth-order valence-corrected chi connectivity index (χ4v) is 2.18. The van der Waals surface area contributed by atoms with Gasteiger partial charge in [0.1, 0.15) is 6.04 Å². The topological polar surface area (TPSA) is 78.9 Å². The molecule has 0 radical (unpaired) electrons. The first-order chi connectivity index (χ1) is 9.15. The standard InChI is InChI=1S/C13H24N2O4/c1-19-10-7-11(12(16)17)14-13(18)15-8-5-3-2-4-6-9-15/h11H,2-10H2,1H3,(H,14,18)(H,16,17). The molecule has 1 unspecified atom stereocenters. The third-order valence-corrected chi connectivity index (χ3v) is 3.35. The first-order valence-electron chi connectivity index (χ1n) is 6.92. The van der Waals surface area contributed by atoms with E-state index in [9.17, 15) is 9.59 Å². The van der Waals surface area contributed by atoms with Gasteiger partial charge < -0.3 is 20.1 Å². The van der Waals surface area contributed by atoms with Gasteiger partial charge in [-0.3, -0.25) is 0 Å². The van der Waals surface area contributed by atoms with Crippen molar-refractivity contribution in [1.29, 1.82) is 0 Å². The van der Waals surface area contributed by atoms with Crippen molar-refractivity contribution in [2.45, 2.75) is 44.6 Å². The van der Waals surface area contributed by atoms with Crippen LogP contribution in [0.2, 0.25) is 0 Å². The Balaban J connectivity index is 2.46. The van der Waals surface area contributed by atoms with Crippen LogP contribution in [0, 0.1) is 0 Å². The van der Waals surface area contributed by atoms with E-state index in [4.69, 9.17) is 9.84 Å². The fourth-order valence-electron chi connectivity index (χ4n) is 2.18. The molecule has 110 valence electrons. The molecule has 1 rings (SSSR count). The van der Waals surface area contributed by atoms with Gasteiger partial charge in [0, 0.05) is 33.2 Å². The summed E-state index contributed by atoms with van der Waals surface area (Å²) in [5.41, 5.74) is 0. The van der Waals surface area contributed by atoms with Crippen molar-refractivity contribution in [1.82, 2.24) is 10.2 Å². The van der Waals surface area contributed by atoms with E-state index >= 15 is 0 Å². The van der Waals surface area contributed by atoms with Crippen LogP contribution in [0.3, 0.4) is 0 Å². The second kappa shape index (κ2) is 8.74. The molecule has 1 aliphatic heterocycles. The number of hydrogen-bond donors (Lipinski definition) is 2. The number of urea groups is 1. The second-order valence-electron chi connectivity index (χ2n) is 4.88. The number of carbonyl (C=O) groups excluding carboxylic acids is 1. The number of hydrogen-bond acceptors (Lipinski definition) is 3. The highest BCUT2D eigenvalue weighted by Gasteiger charge is 2.23. The van der Waals surface area contributed by atoms with Gasteiger partial charge in [-0.25, -0.2) is 9.59 Å². The number of aliphatic carboxylic acids is 1. The summed E-state index contributed by atoms with van der Waals surface area (Å²) in [6, 6.07) is -1.15. The highest BCUT2D eigenvalue weighted by molar-refractivity contribution is 5.82. The largest absolute Gasteiger partial charge is 0.480 e. The molecule has 6 heteroatoms. The molecule has 0 saturated carbocycles. The minimum atomic E-state index is -1.02. The van der Waals surface area contributed by atoms with Crippen LogP contribution in [-0.4, -0.2) is 54.9 Å². The second-order valence-corrected chi connectivity index (χ2v) is 4.88. The molecule has 0 aromatic heterocycles. The average Bonchev–Trinajstić information content (AvgIpc) is 2.33. The first-order valence-corrected chi connectivity index (χ1v) is 6.92. The summed E-state index contributed by atoms with van der Waals surface area (Å²) in [5, 5.41) is 11.6. The lowest BCUT2D eigenvalue weighted by Crippen LogP contribution is -2.49. The van der Waals surface area contributed by atoms with Crippen molar-refractivity contribution in [3.8, 4) is 0 Å². The number of carboxylic acids is 1. The SMILES string of the molecule is COCCC(NC(=O)N1CCCCCCC1)C(=O)O. The normalized spacial score (nSPS) is 18.3. The van der Waals surface area contributed by atoms with Crippen LogP contribution in [0.5, 0.6) is 0 Å². The van der Waals surface area contributed by atoms with Gasteiger partial charge in [-0.2, -0.15) is 0 Å². The Morgan fingerprint density at radius 1 is 1.21 bits per heavy atom. The van der Waals surface area contributed by atoms with E-state index in [2.05, 4.69) is 5.32 Å². The molecule has 1 fully saturated rings. The van der Waals surface area contributed by atoms with E-state index < -0.39 is 12.0 Å². The molecule has 1 aliphatic rings. The van der Waals surface area contributed by atoms with Crippen LogP contribution in [-0.2, 0) is 9.53 Å². The lowest BCUT2D eigenvalue weighted by atomic mass is 10.1. The fraction of sp³-hybridized carbons (Fsp3) is 0.846. The molecule has 0 aliphatic carbocycles. The maximum Gasteiger partial charge on any atom is 0.326 e. The Bertz CT molecular complexity index is 288. The van der Waals surface area contributed by atoms with Crippen LogP contribution >= 0.6 is 0 Å². The van der Waals surface area contributed by atoms with Crippen molar-refractivity contribution < 1.29 is 19.4 Å². The average molecular weight is 272 g/mol. The van der Waals surface area contributed by atoms with E-state index in [1.165, 1.54) is 13.5 Å². The first kappa shape index (κ1) is 15.8. The van der Waals surface area contributed by atoms with Gasteiger partial charge in [-0.15, -0.1) is 0 Å². The zero-order valence-corrected chi connectivity index (χ0v) is 11.6. The molecule has 1 heterocycles. The lowest BCUT2D eigenvalue weighted by molar-refractivity contribution is -0.139. The maximum absolute atomic E-state index is 12.1. The smallest absolute Gasteiger partial charge is 0.326 e. The molecular formula is C13H24N2O4. The highest BCUT2D eigenvalue weighted by Crippen LogP contribution is 2.10. The van der Waals surface area contributed by atoms with Crippen LogP contribution in [0.4, 0.5) is 4.79 Å². The molecule has 0 spiro atoms. The third-order valence-electron chi connectivity index (χ3n) is 3.35. The van der Waals surface area contributed by atoms with Gasteiger partial charge in [0.15, 0.2) is 0 Å².